The third-order valence-corrected chi connectivity index (χ3v) is 7.81. The molecule has 192 valence electrons. The van der Waals surface area contributed by atoms with Crippen molar-refractivity contribution in [2.24, 2.45) is 7.05 Å². The molecule has 1 atom stereocenters. The highest BCUT2D eigenvalue weighted by Gasteiger charge is 2.25. The van der Waals surface area contributed by atoms with Crippen LogP contribution in [-0.2, 0) is 28.4 Å². The summed E-state index contributed by atoms with van der Waals surface area (Å²) in [7, 11) is -2.59. The first-order valence-electron chi connectivity index (χ1n) is 11.4. The predicted molar refractivity (Wildman–Crippen MR) is 141 cm³/mol. The van der Waals surface area contributed by atoms with Gasteiger partial charge < -0.3 is 5.11 Å². The number of benzene rings is 3. The van der Waals surface area contributed by atoms with Crippen LogP contribution in [0.15, 0.2) is 87.3 Å². The third kappa shape index (κ3) is 5.66. The van der Waals surface area contributed by atoms with Gasteiger partial charge in [0.05, 0.1) is 15.8 Å². The Labute approximate surface area is 217 Å². The number of para-hydroxylation sites is 1. The predicted octanol–water partition coefficient (Wildman–Crippen LogP) is 3.23. The standard InChI is InChI=1S/C26H24ClN3O6S/c1-29-23-7-3-2-5-21(23)24(31)30(26(29)34)16-4-6-22(25(32)33)28-37(35,36)20-14-10-18(11-15-20)17-8-12-19(27)13-9-17/h2-3,5,7-15,22,28H,4,6,16H2,1H3,(H,32,33)/t22-/m1/s1. The monoisotopic (exact) mass is 541 g/mol. The Morgan fingerprint density at radius 2 is 1.57 bits per heavy atom. The van der Waals surface area contributed by atoms with Gasteiger partial charge in [0.15, 0.2) is 0 Å². The topological polar surface area (TPSA) is 127 Å². The van der Waals surface area contributed by atoms with Crippen LogP contribution in [0.5, 0.6) is 0 Å². The number of nitrogens with one attached hydrogen (secondary N) is 1. The number of aliphatic carboxylic acids is 1. The molecule has 1 heterocycles. The Kier molecular flexibility index (Phi) is 7.63. The van der Waals surface area contributed by atoms with E-state index in [2.05, 4.69) is 4.72 Å². The minimum absolute atomic E-state index is 0.0579. The molecule has 2 N–H and O–H groups in total. The Hall–Kier alpha value is -3.73. The lowest BCUT2D eigenvalue weighted by Gasteiger charge is -2.16. The first kappa shape index (κ1) is 26.3. The van der Waals surface area contributed by atoms with Gasteiger partial charge in [-0.05, 0) is 60.4 Å². The fraction of sp³-hybridized carbons (Fsp3) is 0.192. The number of nitrogens with zero attached hydrogens (tertiary/aromatic N) is 2. The molecule has 3 aromatic carbocycles. The maximum atomic E-state index is 12.9. The van der Waals surface area contributed by atoms with Crippen LogP contribution >= 0.6 is 11.6 Å². The van der Waals surface area contributed by atoms with Crippen molar-refractivity contribution < 1.29 is 18.3 Å². The molecule has 0 radical (unpaired) electrons. The fourth-order valence-electron chi connectivity index (χ4n) is 4.07. The van der Waals surface area contributed by atoms with E-state index in [0.717, 1.165) is 15.7 Å². The summed E-state index contributed by atoms with van der Waals surface area (Å²) in [6, 6.07) is 18.3. The Balaban J connectivity index is 1.48. The highest BCUT2D eigenvalue weighted by atomic mass is 35.5. The van der Waals surface area contributed by atoms with Crippen LogP contribution in [0.2, 0.25) is 5.02 Å². The number of sulfonamides is 1. The highest BCUT2D eigenvalue weighted by molar-refractivity contribution is 7.89. The van der Waals surface area contributed by atoms with Crippen molar-refractivity contribution in [1.82, 2.24) is 13.9 Å². The number of carboxylic acid groups (broad SMARTS) is 1. The zero-order valence-electron chi connectivity index (χ0n) is 19.8. The maximum absolute atomic E-state index is 12.9. The lowest BCUT2D eigenvalue weighted by molar-refractivity contribution is -0.139. The Morgan fingerprint density at radius 1 is 0.973 bits per heavy atom. The van der Waals surface area contributed by atoms with Crippen LogP contribution < -0.4 is 16.0 Å². The van der Waals surface area contributed by atoms with Crippen LogP contribution in [0.25, 0.3) is 22.0 Å². The van der Waals surface area contributed by atoms with E-state index in [4.69, 9.17) is 11.6 Å². The Bertz CT molecular complexity index is 1680. The first-order valence-corrected chi connectivity index (χ1v) is 13.2. The summed E-state index contributed by atoms with van der Waals surface area (Å²) < 4.78 is 30.3. The number of hydrogen-bond acceptors (Lipinski definition) is 5. The molecule has 0 amide bonds. The number of rotatable bonds is 9. The van der Waals surface area contributed by atoms with Crippen molar-refractivity contribution in [3.8, 4) is 11.1 Å². The van der Waals surface area contributed by atoms with E-state index in [1.54, 1.807) is 67.7 Å². The van der Waals surface area contributed by atoms with Gasteiger partial charge in [0.25, 0.3) is 5.56 Å². The van der Waals surface area contributed by atoms with Crippen molar-refractivity contribution in [1.29, 1.82) is 0 Å². The second kappa shape index (κ2) is 10.7. The van der Waals surface area contributed by atoms with Gasteiger partial charge in [-0.2, -0.15) is 4.72 Å². The summed E-state index contributed by atoms with van der Waals surface area (Å²) in [6.07, 6.45) is -0.0394. The molecule has 11 heteroatoms. The van der Waals surface area contributed by atoms with Crippen LogP contribution in [0.4, 0.5) is 0 Å². The summed E-state index contributed by atoms with van der Waals surface area (Å²) in [5, 5.41) is 10.6. The lowest BCUT2D eigenvalue weighted by Crippen LogP contribution is -2.42. The molecular weight excluding hydrogens is 518 g/mol. The van der Waals surface area contributed by atoms with Gasteiger partial charge in [-0.3, -0.25) is 18.7 Å². The van der Waals surface area contributed by atoms with Crippen LogP contribution in [0, 0.1) is 0 Å². The molecule has 37 heavy (non-hydrogen) atoms. The van der Waals surface area contributed by atoms with Gasteiger partial charge in [0, 0.05) is 18.6 Å². The van der Waals surface area contributed by atoms with E-state index in [1.165, 1.54) is 16.7 Å². The number of aryl methyl sites for hydroxylation is 1. The normalized spacial score (nSPS) is 12.5. The van der Waals surface area contributed by atoms with Crippen LogP contribution in [0.3, 0.4) is 0 Å². The summed E-state index contributed by atoms with van der Waals surface area (Å²) >= 11 is 5.91. The highest BCUT2D eigenvalue weighted by Crippen LogP contribution is 2.23. The number of carboxylic acids is 1. The zero-order chi connectivity index (χ0) is 26.7. The van der Waals surface area contributed by atoms with Crippen molar-refractivity contribution >= 4 is 38.5 Å². The molecular formula is C26H24ClN3O6S. The minimum Gasteiger partial charge on any atom is -0.480 e. The van der Waals surface area contributed by atoms with E-state index in [1.807, 2.05) is 0 Å². The number of halogens is 1. The third-order valence-electron chi connectivity index (χ3n) is 6.07. The molecule has 0 aliphatic carbocycles. The van der Waals surface area contributed by atoms with E-state index >= 15 is 0 Å². The van der Waals surface area contributed by atoms with Crippen molar-refractivity contribution in [3.63, 3.8) is 0 Å². The van der Waals surface area contributed by atoms with Crippen LogP contribution in [0.1, 0.15) is 12.8 Å². The lowest BCUT2D eigenvalue weighted by atomic mass is 10.1. The molecule has 0 saturated heterocycles. The second-order valence-electron chi connectivity index (χ2n) is 8.50. The number of carbonyl (C=O) groups is 1. The number of fused-ring (bicyclic) bond motifs is 1. The van der Waals surface area contributed by atoms with Crippen molar-refractivity contribution in [2.45, 2.75) is 30.3 Å². The van der Waals surface area contributed by atoms with Crippen LogP contribution in [-0.4, -0.2) is 34.7 Å². The van der Waals surface area contributed by atoms with Gasteiger partial charge in [-0.1, -0.05) is 48.0 Å². The van der Waals surface area contributed by atoms with Crippen molar-refractivity contribution in [2.75, 3.05) is 0 Å². The molecule has 0 unspecified atom stereocenters. The molecule has 0 bridgehead atoms. The largest absolute Gasteiger partial charge is 0.480 e. The van der Waals surface area contributed by atoms with Gasteiger partial charge in [-0.15, -0.1) is 0 Å². The molecule has 1 aromatic heterocycles. The maximum Gasteiger partial charge on any atom is 0.331 e. The quantitative estimate of drug-likeness (QED) is 0.335. The smallest absolute Gasteiger partial charge is 0.331 e. The molecule has 4 rings (SSSR count). The summed E-state index contributed by atoms with van der Waals surface area (Å²) in [4.78, 5) is 37.2. The second-order valence-corrected chi connectivity index (χ2v) is 10.7. The van der Waals surface area contributed by atoms with Gasteiger partial charge in [0.2, 0.25) is 10.0 Å². The van der Waals surface area contributed by atoms with E-state index in [-0.39, 0.29) is 24.3 Å². The fourth-order valence-corrected chi connectivity index (χ4v) is 5.42. The SMILES string of the molecule is Cn1c(=O)n(CCC[C@@H](NS(=O)(=O)c2ccc(-c3ccc(Cl)cc3)cc2)C(=O)O)c(=O)c2ccccc21. The van der Waals surface area contributed by atoms with E-state index in [9.17, 15) is 27.9 Å². The first-order chi connectivity index (χ1) is 17.6. The van der Waals surface area contributed by atoms with Gasteiger partial charge >= 0.3 is 11.7 Å². The van der Waals surface area contributed by atoms with Gasteiger partial charge in [0.1, 0.15) is 6.04 Å². The molecule has 0 fully saturated rings. The minimum atomic E-state index is -4.14. The summed E-state index contributed by atoms with van der Waals surface area (Å²) in [6.45, 7) is -0.0579. The summed E-state index contributed by atoms with van der Waals surface area (Å²) in [5.74, 6) is -1.36. The van der Waals surface area contributed by atoms with Gasteiger partial charge in [-0.25, -0.2) is 13.2 Å². The Morgan fingerprint density at radius 3 is 2.19 bits per heavy atom. The molecule has 4 aromatic rings. The molecule has 0 saturated carbocycles. The van der Waals surface area contributed by atoms with Crippen molar-refractivity contribution in [3.05, 3.63) is 98.7 Å². The molecule has 9 nitrogen and oxygen atoms in total. The summed E-state index contributed by atoms with van der Waals surface area (Å²) in [5.41, 5.74) is 1.10. The molecule has 0 aliphatic heterocycles. The zero-order valence-corrected chi connectivity index (χ0v) is 21.4. The number of aromatic nitrogens is 2. The van der Waals surface area contributed by atoms with E-state index < -0.39 is 33.3 Å². The average Bonchev–Trinajstić information content (AvgIpc) is 2.89. The number of hydrogen-bond donors (Lipinski definition) is 2. The molecule has 0 aliphatic rings. The molecule has 0 spiro atoms. The average molecular weight is 542 g/mol. The van der Waals surface area contributed by atoms with E-state index in [0.29, 0.717) is 15.9 Å².